The van der Waals surface area contributed by atoms with Gasteiger partial charge in [-0.25, -0.2) is 0 Å². The van der Waals surface area contributed by atoms with Crippen LogP contribution in [0.3, 0.4) is 0 Å². The van der Waals surface area contributed by atoms with Crippen LogP contribution >= 0.6 is 0 Å². The van der Waals surface area contributed by atoms with E-state index in [9.17, 15) is 4.79 Å². The van der Waals surface area contributed by atoms with E-state index in [1.165, 1.54) is 0 Å². The maximum Gasteiger partial charge on any atom is 0.253 e. The number of aromatic nitrogens is 1. The number of carbonyl (C=O) groups excluding carboxylic acids is 1. The highest BCUT2D eigenvalue weighted by Crippen LogP contribution is 2.17. The maximum absolute atomic E-state index is 12.2. The Balaban J connectivity index is 2.09. The van der Waals surface area contributed by atoms with Gasteiger partial charge in [0.15, 0.2) is 0 Å². The van der Waals surface area contributed by atoms with Crippen molar-refractivity contribution >= 4 is 11.6 Å². The van der Waals surface area contributed by atoms with Crippen molar-refractivity contribution in [1.82, 2.24) is 10.3 Å². The fourth-order valence-electron chi connectivity index (χ4n) is 1.91. The van der Waals surface area contributed by atoms with Gasteiger partial charge < -0.3 is 15.4 Å². The fourth-order valence-corrected chi connectivity index (χ4v) is 1.91. The molecule has 2 rings (SSSR count). The molecule has 5 nitrogen and oxygen atoms in total. The zero-order chi connectivity index (χ0) is 14.4. The number of hydrogen-bond acceptors (Lipinski definition) is 4. The third kappa shape index (κ3) is 3.06. The molecule has 0 atom stereocenters. The van der Waals surface area contributed by atoms with Crippen LogP contribution < -0.4 is 15.4 Å². The van der Waals surface area contributed by atoms with Crippen LogP contribution in [0.15, 0.2) is 42.7 Å². The number of methoxy groups -OCH3 is 1. The van der Waals surface area contributed by atoms with E-state index in [0.717, 1.165) is 11.3 Å². The molecule has 0 spiro atoms. The highest BCUT2D eigenvalue weighted by Gasteiger charge is 2.11. The summed E-state index contributed by atoms with van der Waals surface area (Å²) in [7, 11) is 3.37. The first kappa shape index (κ1) is 13.9. The Morgan fingerprint density at radius 3 is 2.85 bits per heavy atom. The molecule has 0 unspecified atom stereocenters. The minimum Gasteiger partial charge on any atom is -0.496 e. The van der Waals surface area contributed by atoms with Crippen molar-refractivity contribution in [2.45, 2.75) is 6.54 Å². The molecule has 0 aliphatic rings. The maximum atomic E-state index is 12.2. The van der Waals surface area contributed by atoms with Crippen LogP contribution in [0.1, 0.15) is 15.9 Å². The number of nitrogens with one attached hydrogen (secondary N) is 2. The SMILES string of the molecule is CNc1cnccc1C(=O)NCc1ccccc1OC. The Labute approximate surface area is 118 Å². The Hall–Kier alpha value is -2.56. The molecule has 0 aliphatic carbocycles. The summed E-state index contributed by atoms with van der Waals surface area (Å²) in [5.41, 5.74) is 2.20. The predicted octanol–water partition coefficient (Wildman–Crippen LogP) is 2.06. The summed E-state index contributed by atoms with van der Waals surface area (Å²) >= 11 is 0. The summed E-state index contributed by atoms with van der Waals surface area (Å²) in [4.78, 5) is 16.2. The molecule has 1 heterocycles. The molecule has 20 heavy (non-hydrogen) atoms. The van der Waals surface area contributed by atoms with Crippen molar-refractivity contribution in [2.24, 2.45) is 0 Å². The van der Waals surface area contributed by atoms with E-state index in [0.29, 0.717) is 17.8 Å². The normalized spacial score (nSPS) is 9.90. The van der Waals surface area contributed by atoms with Crippen LogP contribution in [0, 0.1) is 0 Å². The van der Waals surface area contributed by atoms with Gasteiger partial charge in [-0.05, 0) is 12.1 Å². The lowest BCUT2D eigenvalue weighted by atomic mass is 10.1. The van der Waals surface area contributed by atoms with E-state index in [1.54, 1.807) is 32.6 Å². The van der Waals surface area contributed by atoms with Crippen LogP contribution in [0.4, 0.5) is 5.69 Å². The van der Waals surface area contributed by atoms with Crippen molar-refractivity contribution in [3.8, 4) is 5.75 Å². The quantitative estimate of drug-likeness (QED) is 0.873. The molecule has 2 N–H and O–H groups in total. The molecule has 0 bridgehead atoms. The zero-order valence-electron chi connectivity index (χ0n) is 11.5. The van der Waals surface area contributed by atoms with Crippen LogP contribution in [0.5, 0.6) is 5.75 Å². The number of nitrogens with zero attached hydrogens (tertiary/aromatic N) is 1. The molecule has 1 amide bonds. The molecule has 104 valence electrons. The second-order valence-corrected chi connectivity index (χ2v) is 4.17. The van der Waals surface area contributed by atoms with E-state index in [2.05, 4.69) is 15.6 Å². The third-order valence-electron chi connectivity index (χ3n) is 2.97. The number of anilines is 1. The summed E-state index contributed by atoms with van der Waals surface area (Å²) in [5.74, 6) is 0.610. The van der Waals surface area contributed by atoms with Gasteiger partial charge in [0.05, 0.1) is 24.6 Å². The number of hydrogen-bond donors (Lipinski definition) is 2. The molecule has 0 aliphatic heterocycles. The van der Waals surface area contributed by atoms with E-state index in [1.807, 2.05) is 24.3 Å². The number of rotatable bonds is 5. The summed E-state index contributed by atoms with van der Waals surface area (Å²) in [6.45, 7) is 0.411. The molecule has 1 aromatic heterocycles. The monoisotopic (exact) mass is 271 g/mol. The third-order valence-corrected chi connectivity index (χ3v) is 2.97. The van der Waals surface area contributed by atoms with Crippen LogP contribution in [-0.4, -0.2) is 25.0 Å². The predicted molar refractivity (Wildman–Crippen MR) is 77.9 cm³/mol. The summed E-state index contributed by atoms with van der Waals surface area (Å²) in [5, 5.41) is 5.83. The topological polar surface area (TPSA) is 63.2 Å². The Morgan fingerprint density at radius 2 is 2.10 bits per heavy atom. The average Bonchev–Trinajstić information content (AvgIpc) is 2.52. The fraction of sp³-hybridized carbons (Fsp3) is 0.200. The van der Waals surface area contributed by atoms with Gasteiger partial charge in [0.1, 0.15) is 5.75 Å². The van der Waals surface area contributed by atoms with Gasteiger partial charge in [-0.15, -0.1) is 0 Å². The van der Waals surface area contributed by atoms with Gasteiger partial charge in [-0.1, -0.05) is 18.2 Å². The molecular weight excluding hydrogens is 254 g/mol. The molecule has 0 radical (unpaired) electrons. The first-order chi connectivity index (χ1) is 9.76. The lowest BCUT2D eigenvalue weighted by Gasteiger charge is -2.11. The zero-order valence-corrected chi connectivity index (χ0v) is 11.5. The minimum atomic E-state index is -0.150. The molecule has 5 heteroatoms. The summed E-state index contributed by atoms with van der Waals surface area (Å²) < 4.78 is 5.25. The van der Waals surface area contributed by atoms with Gasteiger partial charge >= 0.3 is 0 Å². The van der Waals surface area contributed by atoms with Crippen molar-refractivity contribution in [2.75, 3.05) is 19.5 Å². The van der Waals surface area contributed by atoms with Gasteiger partial charge in [0, 0.05) is 25.4 Å². The highest BCUT2D eigenvalue weighted by molar-refractivity contribution is 5.99. The average molecular weight is 271 g/mol. The van der Waals surface area contributed by atoms with Crippen LogP contribution in [0.25, 0.3) is 0 Å². The number of pyridine rings is 1. The van der Waals surface area contributed by atoms with Crippen LogP contribution in [-0.2, 0) is 6.54 Å². The second kappa shape index (κ2) is 6.56. The number of benzene rings is 1. The second-order valence-electron chi connectivity index (χ2n) is 4.17. The number of carbonyl (C=O) groups is 1. The van der Waals surface area contributed by atoms with Crippen molar-refractivity contribution < 1.29 is 9.53 Å². The molecule has 0 fully saturated rings. The Kier molecular flexibility index (Phi) is 4.55. The molecular formula is C15H17N3O2. The lowest BCUT2D eigenvalue weighted by molar-refractivity contribution is 0.0951. The van der Waals surface area contributed by atoms with Gasteiger partial charge in [0.2, 0.25) is 0 Å². The first-order valence-corrected chi connectivity index (χ1v) is 6.28. The van der Waals surface area contributed by atoms with E-state index < -0.39 is 0 Å². The van der Waals surface area contributed by atoms with Gasteiger partial charge in [0.25, 0.3) is 5.91 Å². The Morgan fingerprint density at radius 1 is 1.30 bits per heavy atom. The van der Waals surface area contributed by atoms with Crippen molar-refractivity contribution in [1.29, 1.82) is 0 Å². The molecule has 0 saturated heterocycles. The summed E-state index contributed by atoms with van der Waals surface area (Å²) in [6.07, 6.45) is 3.22. The number of ether oxygens (including phenoxy) is 1. The summed E-state index contributed by atoms with van der Waals surface area (Å²) in [6, 6.07) is 9.28. The van der Waals surface area contributed by atoms with E-state index in [-0.39, 0.29) is 5.91 Å². The highest BCUT2D eigenvalue weighted by atomic mass is 16.5. The lowest BCUT2D eigenvalue weighted by Crippen LogP contribution is -2.24. The molecule has 0 saturated carbocycles. The standard InChI is InChI=1S/C15H17N3O2/c1-16-13-10-17-8-7-12(13)15(19)18-9-11-5-3-4-6-14(11)20-2/h3-8,10,16H,9H2,1-2H3,(H,18,19). The number of amides is 1. The van der Waals surface area contributed by atoms with Crippen molar-refractivity contribution in [3.63, 3.8) is 0 Å². The van der Waals surface area contributed by atoms with Crippen LogP contribution in [0.2, 0.25) is 0 Å². The van der Waals surface area contributed by atoms with Gasteiger partial charge in [-0.3, -0.25) is 9.78 Å². The smallest absolute Gasteiger partial charge is 0.253 e. The van der Waals surface area contributed by atoms with E-state index >= 15 is 0 Å². The molecule has 2 aromatic rings. The van der Waals surface area contributed by atoms with Crippen molar-refractivity contribution in [3.05, 3.63) is 53.9 Å². The molecule has 1 aromatic carbocycles. The largest absolute Gasteiger partial charge is 0.496 e. The minimum absolute atomic E-state index is 0.150. The first-order valence-electron chi connectivity index (χ1n) is 6.28. The van der Waals surface area contributed by atoms with E-state index in [4.69, 9.17) is 4.74 Å². The number of para-hydroxylation sites is 1. The Bertz CT molecular complexity index is 599. The van der Waals surface area contributed by atoms with Gasteiger partial charge in [-0.2, -0.15) is 0 Å².